The van der Waals surface area contributed by atoms with Crippen LogP contribution in [0, 0.1) is 0 Å². The fraction of sp³-hybridized carbons (Fsp3) is 0.636. The second kappa shape index (κ2) is 6.68. The molecule has 1 heterocycles. The van der Waals surface area contributed by atoms with E-state index in [0.29, 0.717) is 25.4 Å². The van der Waals surface area contributed by atoms with E-state index >= 15 is 0 Å². The molecule has 1 atom stereocenters. The van der Waals surface area contributed by atoms with E-state index in [1.807, 2.05) is 13.8 Å². The van der Waals surface area contributed by atoms with Crippen molar-refractivity contribution in [2.24, 2.45) is 5.73 Å². The fourth-order valence-corrected chi connectivity index (χ4v) is 2.11. The maximum absolute atomic E-state index is 12.1. The van der Waals surface area contributed by atoms with Crippen molar-refractivity contribution in [2.45, 2.75) is 19.9 Å². The molecule has 0 aliphatic carbocycles. The van der Waals surface area contributed by atoms with Gasteiger partial charge in [0.25, 0.3) is 5.91 Å². The quantitative estimate of drug-likeness (QED) is 0.833. The van der Waals surface area contributed by atoms with Gasteiger partial charge in [-0.1, -0.05) is 0 Å². The van der Waals surface area contributed by atoms with Crippen molar-refractivity contribution in [1.82, 2.24) is 9.88 Å². The van der Waals surface area contributed by atoms with Crippen molar-refractivity contribution in [1.29, 1.82) is 0 Å². The first-order chi connectivity index (χ1) is 8.10. The first-order valence-electron chi connectivity index (χ1n) is 5.59. The second-order valence-corrected chi connectivity index (χ2v) is 4.63. The number of hydrogen-bond donors (Lipinski definition) is 1. The number of carbonyl (C=O) groups excluding carboxylic acids is 1. The number of likely N-dealkylation sites (N-methyl/N-ethyl adjacent to an activating group) is 1. The highest BCUT2D eigenvalue weighted by Gasteiger charge is 2.17. The van der Waals surface area contributed by atoms with E-state index < -0.39 is 0 Å². The summed E-state index contributed by atoms with van der Waals surface area (Å²) in [7, 11) is 1.62. The van der Waals surface area contributed by atoms with Gasteiger partial charge in [0.15, 0.2) is 0 Å². The Labute approximate surface area is 106 Å². The molecule has 0 aliphatic heterocycles. The van der Waals surface area contributed by atoms with Crippen LogP contribution in [-0.2, 0) is 4.74 Å². The molecule has 0 fully saturated rings. The number of methoxy groups -OCH3 is 1. The Balaban J connectivity index is 2.72. The van der Waals surface area contributed by atoms with Crippen LogP contribution in [0.1, 0.15) is 35.4 Å². The smallest absolute Gasteiger partial charge is 0.273 e. The van der Waals surface area contributed by atoms with E-state index in [0.717, 1.165) is 5.01 Å². The third-order valence-electron chi connectivity index (χ3n) is 2.36. The minimum absolute atomic E-state index is 0.0623. The number of aromatic nitrogens is 1. The zero-order chi connectivity index (χ0) is 12.8. The highest BCUT2D eigenvalue weighted by molar-refractivity contribution is 7.09. The van der Waals surface area contributed by atoms with E-state index in [4.69, 9.17) is 10.5 Å². The lowest BCUT2D eigenvalue weighted by atomic mass is 10.3. The molecule has 0 spiro atoms. The first kappa shape index (κ1) is 14.1. The first-order valence-corrected chi connectivity index (χ1v) is 6.47. The van der Waals surface area contributed by atoms with Crippen molar-refractivity contribution in [2.75, 3.05) is 26.8 Å². The van der Waals surface area contributed by atoms with Gasteiger partial charge in [-0.2, -0.15) is 0 Å². The van der Waals surface area contributed by atoms with Gasteiger partial charge in [0.1, 0.15) is 10.7 Å². The average Bonchev–Trinajstić information content (AvgIpc) is 2.79. The van der Waals surface area contributed by atoms with Crippen molar-refractivity contribution >= 4 is 17.2 Å². The Kier molecular flexibility index (Phi) is 5.54. The fourth-order valence-electron chi connectivity index (χ4n) is 1.36. The lowest BCUT2D eigenvalue weighted by Crippen LogP contribution is -2.34. The molecule has 0 radical (unpaired) electrons. The van der Waals surface area contributed by atoms with Crippen LogP contribution in [-0.4, -0.2) is 42.6 Å². The highest BCUT2D eigenvalue weighted by atomic mass is 32.1. The molecule has 0 saturated carbocycles. The molecule has 6 heteroatoms. The third kappa shape index (κ3) is 3.76. The summed E-state index contributed by atoms with van der Waals surface area (Å²) in [5, 5.41) is 2.55. The average molecular weight is 257 g/mol. The van der Waals surface area contributed by atoms with E-state index in [1.54, 1.807) is 17.4 Å². The maximum atomic E-state index is 12.1. The summed E-state index contributed by atoms with van der Waals surface area (Å²) in [6, 6.07) is -0.129. The maximum Gasteiger partial charge on any atom is 0.273 e. The standard InChI is InChI=1S/C11H19N3O2S/c1-4-14(5-6-16-3)11(15)9-7-17-10(13-9)8(2)12/h7-8H,4-6,12H2,1-3H3. The Morgan fingerprint density at radius 1 is 1.71 bits per heavy atom. The Bertz CT molecular complexity index is 365. The third-order valence-corrected chi connectivity index (χ3v) is 3.41. The van der Waals surface area contributed by atoms with E-state index in [-0.39, 0.29) is 11.9 Å². The summed E-state index contributed by atoms with van der Waals surface area (Å²) >= 11 is 1.42. The summed E-state index contributed by atoms with van der Waals surface area (Å²) in [5.41, 5.74) is 6.19. The van der Waals surface area contributed by atoms with Crippen molar-refractivity contribution in [3.05, 3.63) is 16.1 Å². The number of nitrogens with zero attached hydrogens (tertiary/aromatic N) is 2. The molecular formula is C11H19N3O2S. The SMILES string of the molecule is CCN(CCOC)C(=O)c1csc(C(C)N)n1. The van der Waals surface area contributed by atoms with Crippen LogP contribution < -0.4 is 5.73 Å². The Morgan fingerprint density at radius 2 is 2.41 bits per heavy atom. The molecule has 0 bridgehead atoms. The van der Waals surface area contributed by atoms with Crippen LogP contribution in [0.3, 0.4) is 0 Å². The molecule has 2 N–H and O–H groups in total. The van der Waals surface area contributed by atoms with Crippen LogP contribution in [0.25, 0.3) is 0 Å². The van der Waals surface area contributed by atoms with Crippen LogP contribution in [0.15, 0.2) is 5.38 Å². The molecule has 0 saturated heterocycles. The number of rotatable bonds is 6. The Hall–Kier alpha value is -0.980. The summed E-state index contributed by atoms with van der Waals surface area (Å²) in [6.45, 7) is 5.55. The molecule has 1 rings (SSSR count). The number of nitrogens with two attached hydrogens (primary N) is 1. The van der Waals surface area contributed by atoms with Gasteiger partial charge in [-0.25, -0.2) is 4.98 Å². The van der Waals surface area contributed by atoms with E-state index in [9.17, 15) is 4.79 Å². The van der Waals surface area contributed by atoms with Gasteiger partial charge in [-0.05, 0) is 13.8 Å². The van der Waals surface area contributed by atoms with Gasteiger partial charge in [0, 0.05) is 25.6 Å². The second-order valence-electron chi connectivity index (χ2n) is 3.74. The highest BCUT2D eigenvalue weighted by Crippen LogP contribution is 2.16. The van der Waals surface area contributed by atoms with Crippen LogP contribution >= 0.6 is 11.3 Å². The summed E-state index contributed by atoms with van der Waals surface area (Å²) in [4.78, 5) is 18.1. The number of amides is 1. The molecule has 17 heavy (non-hydrogen) atoms. The summed E-state index contributed by atoms with van der Waals surface area (Å²) < 4.78 is 4.97. The molecule has 0 aliphatic rings. The van der Waals surface area contributed by atoms with Gasteiger partial charge in [-0.15, -0.1) is 11.3 Å². The molecular weight excluding hydrogens is 238 g/mol. The largest absolute Gasteiger partial charge is 0.383 e. The predicted octanol–water partition coefficient (Wildman–Crippen LogP) is 1.27. The molecule has 1 aromatic rings. The lowest BCUT2D eigenvalue weighted by molar-refractivity contribution is 0.0701. The van der Waals surface area contributed by atoms with Gasteiger partial charge in [0.2, 0.25) is 0 Å². The zero-order valence-corrected chi connectivity index (χ0v) is 11.3. The molecule has 5 nitrogen and oxygen atoms in total. The predicted molar refractivity (Wildman–Crippen MR) is 68.2 cm³/mol. The van der Waals surface area contributed by atoms with Crippen molar-refractivity contribution in [3.8, 4) is 0 Å². The van der Waals surface area contributed by atoms with E-state index in [1.165, 1.54) is 11.3 Å². The summed E-state index contributed by atoms with van der Waals surface area (Å²) in [5.74, 6) is -0.0623. The van der Waals surface area contributed by atoms with Crippen molar-refractivity contribution < 1.29 is 9.53 Å². The summed E-state index contributed by atoms with van der Waals surface area (Å²) in [6.07, 6.45) is 0. The molecule has 1 aromatic heterocycles. The number of hydrogen-bond acceptors (Lipinski definition) is 5. The number of thiazole rings is 1. The Morgan fingerprint density at radius 3 is 2.88 bits per heavy atom. The number of carbonyl (C=O) groups is 1. The minimum Gasteiger partial charge on any atom is -0.383 e. The monoisotopic (exact) mass is 257 g/mol. The topological polar surface area (TPSA) is 68.5 Å². The molecule has 96 valence electrons. The van der Waals surface area contributed by atoms with Gasteiger partial charge in [0.05, 0.1) is 12.6 Å². The van der Waals surface area contributed by atoms with Gasteiger partial charge in [-0.3, -0.25) is 4.79 Å². The van der Waals surface area contributed by atoms with Crippen LogP contribution in [0.5, 0.6) is 0 Å². The van der Waals surface area contributed by atoms with Crippen LogP contribution in [0.4, 0.5) is 0 Å². The van der Waals surface area contributed by atoms with Crippen molar-refractivity contribution in [3.63, 3.8) is 0 Å². The molecule has 0 aromatic carbocycles. The number of ether oxygens (including phenoxy) is 1. The van der Waals surface area contributed by atoms with Gasteiger partial charge >= 0.3 is 0 Å². The van der Waals surface area contributed by atoms with Gasteiger partial charge < -0.3 is 15.4 Å². The van der Waals surface area contributed by atoms with E-state index in [2.05, 4.69) is 4.98 Å². The van der Waals surface area contributed by atoms with Crippen LogP contribution in [0.2, 0.25) is 0 Å². The zero-order valence-electron chi connectivity index (χ0n) is 10.5. The normalized spacial score (nSPS) is 12.5. The molecule has 1 amide bonds. The lowest BCUT2D eigenvalue weighted by Gasteiger charge is -2.19. The minimum atomic E-state index is -0.129. The molecule has 1 unspecified atom stereocenters.